The van der Waals surface area contributed by atoms with Crippen molar-refractivity contribution < 1.29 is 8.42 Å². The van der Waals surface area contributed by atoms with E-state index in [-0.39, 0.29) is 6.04 Å². The highest BCUT2D eigenvalue weighted by atomic mass is 32.2. The first-order chi connectivity index (χ1) is 8.55. The van der Waals surface area contributed by atoms with Crippen LogP contribution in [0.15, 0.2) is 0 Å². The smallest absolute Gasteiger partial charge is 0.282 e. The summed E-state index contributed by atoms with van der Waals surface area (Å²) in [6.07, 6.45) is 4.82. The van der Waals surface area contributed by atoms with Gasteiger partial charge >= 0.3 is 0 Å². The molecule has 0 amide bonds. The van der Waals surface area contributed by atoms with Crippen molar-refractivity contribution in [2.24, 2.45) is 11.7 Å². The first-order valence-electron chi connectivity index (χ1n) is 7.02. The molecule has 2 heterocycles. The van der Waals surface area contributed by atoms with Crippen LogP contribution in [0.1, 0.15) is 39.0 Å². The predicted octanol–water partition coefficient (Wildman–Crippen LogP) is 0.776. The minimum absolute atomic E-state index is 0.122. The average molecular weight is 275 g/mol. The molecule has 0 saturated carbocycles. The monoisotopic (exact) mass is 275 g/mol. The maximum absolute atomic E-state index is 12.6. The van der Waals surface area contributed by atoms with E-state index in [1.807, 2.05) is 0 Å². The molecule has 0 spiro atoms. The van der Waals surface area contributed by atoms with E-state index in [4.69, 9.17) is 5.73 Å². The molecule has 6 heteroatoms. The Morgan fingerprint density at radius 1 is 1.22 bits per heavy atom. The number of hydrogen-bond donors (Lipinski definition) is 1. The van der Waals surface area contributed by atoms with Crippen LogP contribution in [-0.4, -0.2) is 49.2 Å². The van der Waals surface area contributed by atoms with Gasteiger partial charge in [-0.1, -0.05) is 6.92 Å². The highest BCUT2D eigenvalue weighted by Gasteiger charge is 2.38. The van der Waals surface area contributed by atoms with Crippen LogP contribution in [0.5, 0.6) is 0 Å². The van der Waals surface area contributed by atoms with Gasteiger partial charge in [-0.3, -0.25) is 0 Å². The van der Waals surface area contributed by atoms with Gasteiger partial charge in [0.1, 0.15) is 0 Å². The van der Waals surface area contributed by atoms with E-state index in [2.05, 4.69) is 6.92 Å². The zero-order chi connectivity index (χ0) is 13.2. The van der Waals surface area contributed by atoms with Crippen LogP contribution in [-0.2, 0) is 10.2 Å². The Morgan fingerprint density at radius 2 is 1.94 bits per heavy atom. The zero-order valence-electron chi connectivity index (χ0n) is 11.2. The van der Waals surface area contributed by atoms with E-state index >= 15 is 0 Å². The molecule has 0 aromatic rings. The van der Waals surface area contributed by atoms with Gasteiger partial charge in [-0.15, -0.1) is 0 Å². The summed E-state index contributed by atoms with van der Waals surface area (Å²) < 4.78 is 28.6. The van der Waals surface area contributed by atoms with Crippen LogP contribution in [0.25, 0.3) is 0 Å². The van der Waals surface area contributed by atoms with Crippen molar-refractivity contribution >= 4 is 10.2 Å². The van der Waals surface area contributed by atoms with Crippen molar-refractivity contribution in [1.29, 1.82) is 0 Å². The first kappa shape index (κ1) is 14.2. The van der Waals surface area contributed by atoms with Gasteiger partial charge in [0.25, 0.3) is 10.2 Å². The second-order valence-corrected chi connectivity index (χ2v) is 7.48. The summed E-state index contributed by atoms with van der Waals surface area (Å²) in [6.45, 7) is 4.71. The zero-order valence-corrected chi connectivity index (χ0v) is 12.0. The van der Waals surface area contributed by atoms with Gasteiger partial charge in [0, 0.05) is 25.7 Å². The molecule has 0 aromatic carbocycles. The molecule has 2 N–H and O–H groups in total. The van der Waals surface area contributed by atoms with Crippen LogP contribution >= 0.6 is 0 Å². The van der Waals surface area contributed by atoms with Crippen LogP contribution in [0.2, 0.25) is 0 Å². The molecule has 106 valence electrons. The summed E-state index contributed by atoms with van der Waals surface area (Å²) >= 11 is 0. The molecule has 0 radical (unpaired) electrons. The van der Waals surface area contributed by atoms with Crippen molar-refractivity contribution in [2.45, 2.75) is 45.1 Å². The van der Waals surface area contributed by atoms with Gasteiger partial charge < -0.3 is 5.73 Å². The molecular weight excluding hydrogens is 250 g/mol. The van der Waals surface area contributed by atoms with E-state index in [0.29, 0.717) is 32.1 Å². The van der Waals surface area contributed by atoms with Gasteiger partial charge in [0.05, 0.1) is 0 Å². The molecule has 0 aromatic heterocycles. The van der Waals surface area contributed by atoms with Crippen LogP contribution < -0.4 is 5.73 Å². The normalized spacial score (nSPS) is 31.9. The quantitative estimate of drug-likeness (QED) is 0.824. The molecule has 2 atom stereocenters. The third-order valence-electron chi connectivity index (χ3n) is 4.07. The molecule has 2 saturated heterocycles. The van der Waals surface area contributed by atoms with Gasteiger partial charge in [-0.25, -0.2) is 0 Å². The Labute approximate surface area is 110 Å². The lowest BCUT2D eigenvalue weighted by Crippen LogP contribution is -2.49. The Bertz CT molecular complexity index is 372. The lowest BCUT2D eigenvalue weighted by atomic mass is 10.0. The first-order valence-corrected chi connectivity index (χ1v) is 8.42. The van der Waals surface area contributed by atoms with Crippen molar-refractivity contribution in [1.82, 2.24) is 8.61 Å². The highest BCUT2D eigenvalue weighted by Crippen LogP contribution is 2.27. The minimum Gasteiger partial charge on any atom is -0.330 e. The van der Waals surface area contributed by atoms with Crippen molar-refractivity contribution in [3.63, 3.8) is 0 Å². The molecule has 2 rings (SSSR count). The lowest BCUT2D eigenvalue weighted by molar-refractivity contribution is 0.252. The molecule has 0 bridgehead atoms. The number of nitrogens with zero attached hydrogens (tertiary/aromatic N) is 2. The third-order valence-corrected chi connectivity index (χ3v) is 6.12. The summed E-state index contributed by atoms with van der Waals surface area (Å²) in [5.74, 6) is 0.476. The van der Waals surface area contributed by atoms with Gasteiger partial charge in [-0.2, -0.15) is 17.0 Å². The summed E-state index contributed by atoms with van der Waals surface area (Å²) in [7, 11) is -3.25. The lowest BCUT2D eigenvalue weighted by Gasteiger charge is -2.35. The highest BCUT2D eigenvalue weighted by molar-refractivity contribution is 7.86. The maximum atomic E-state index is 12.6. The Hall–Kier alpha value is -0.170. The Balaban J connectivity index is 2.09. The summed E-state index contributed by atoms with van der Waals surface area (Å²) in [4.78, 5) is 0. The molecule has 5 nitrogen and oxygen atoms in total. The second-order valence-electron chi connectivity index (χ2n) is 5.60. The molecule has 18 heavy (non-hydrogen) atoms. The minimum atomic E-state index is -3.25. The van der Waals surface area contributed by atoms with E-state index in [1.54, 1.807) is 8.61 Å². The third kappa shape index (κ3) is 2.87. The Kier molecular flexibility index (Phi) is 4.64. The summed E-state index contributed by atoms with van der Waals surface area (Å²) in [6, 6.07) is 0.122. The van der Waals surface area contributed by atoms with Crippen LogP contribution in [0, 0.1) is 5.92 Å². The molecular formula is C12H25N3O2S. The fourth-order valence-corrected chi connectivity index (χ4v) is 5.14. The molecule has 0 aliphatic carbocycles. The molecule has 2 aliphatic heterocycles. The average Bonchev–Trinajstić information content (AvgIpc) is 2.78. The largest absolute Gasteiger partial charge is 0.330 e. The Morgan fingerprint density at radius 3 is 2.61 bits per heavy atom. The van der Waals surface area contributed by atoms with Gasteiger partial charge in [0.15, 0.2) is 0 Å². The van der Waals surface area contributed by atoms with E-state index in [1.165, 1.54) is 0 Å². The van der Waals surface area contributed by atoms with Gasteiger partial charge in [0.2, 0.25) is 0 Å². The van der Waals surface area contributed by atoms with E-state index in [0.717, 1.165) is 32.1 Å². The van der Waals surface area contributed by atoms with E-state index < -0.39 is 10.2 Å². The second kappa shape index (κ2) is 5.86. The molecule has 2 unspecified atom stereocenters. The standard InChI is InChI=1S/C12H25N3O2S/c1-11-4-2-8-14(10-11)18(16,17)15-9-3-5-12(15)6-7-13/h11-12H,2-10,13H2,1H3. The SMILES string of the molecule is CC1CCCN(S(=O)(=O)N2CCCC2CCN)C1. The molecule has 2 fully saturated rings. The predicted molar refractivity (Wildman–Crippen MR) is 72.3 cm³/mol. The van der Waals surface area contributed by atoms with Crippen molar-refractivity contribution in [2.75, 3.05) is 26.2 Å². The fraction of sp³-hybridized carbons (Fsp3) is 1.00. The number of rotatable bonds is 4. The number of hydrogen-bond acceptors (Lipinski definition) is 3. The summed E-state index contributed by atoms with van der Waals surface area (Å²) in [5, 5.41) is 0. The van der Waals surface area contributed by atoms with Crippen molar-refractivity contribution in [3.8, 4) is 0 Å². The fourth-order valence-electron chi connectivity index (χ4n) is 3.10. The maximum Gasteiger partial charge on any atom is 0.282 e. The van der Waals surface area contributed by atoms with Crippen LogP contribution in [0.3, 0.4) is 0 Å². The molecule has 2 aliphatic rings. The van der Waals surface area contributed by atoms with E-state index in [9.17, 15) is 8.42 Å². The number of nitrogens with two attached hydrogens (primary N) is 1. The summed E-state index contributed by atoms with van der Waals surface area (Å²) in [5.41, 5.74) is 5.58. The van der Waals surface area contributed by atoms with Crippen molar-refractivity contribution in [3.05, 3.63) is 0 Å². The number of piperidine rings is 1. The van der Waals surface area contributed by atoms with Crippen LogP contribution in [0.4, 0.5) is 0 Å². The topological polar surface area (TPSA) is 66.6 Å². The van der Waals surface area contributed by atoms with Gasteiger partial charge in [-0.05, 0) is 44.6 Å².